The van der Waals surface area contributed by atoms with Crippen molar-refractivity contribution >= 4 is 28.4 Å². The van der Waals surface area contributed by atoms with Gasteiger partial charge < -0.3 is 0 Å². The maximum atomic E-state index is 14.5. The molecule has 156 valence electrons. The number of hydrogen-bond acceptors (Lipinski definition) is 4. The fourth-order valence-electron chi connectivity index (χ4n) is 6.95. The number of allylic oxidation sites excluding steroid dienone is 5. The molecular formula is C24H29FO3S. The highest BCUT2D eigenvalue weighted by Crippen LogP contribution is 2.68. The van der Waals surface area contributed by atoms with Crippen LogP contribution in [0.4, 0.5) is 4.39 Å². The van der Waals surface area contributed by atoms with E-state index in [0.717, 1.165) is 34.9 Å². The zero-order valence-corrected chi connectivity index (χ0v) is 18.6. The molecule has 0 radical (unpaired) electrons. The average Bonchev–Trinajstić information content (AvgIpc) is 2.87. The SMILES string of the molecule is C=C1C2=C(SC(C)=O)C(=O)C=C(C)[C@]2(C)[C@H]2CC[C@]3(C)C(=O)[C@@H](F)C[C@H]3[C@@H]2[C@@H]1C. The van der Waals surface area contributed by atoms with Crippen molar-refractivity contribution in [1.82, 2.24) is 0 Å². The molecule has 0 aromatic carbocycles. The van der Waals surface area contributed by atoms with Crippen LogP contribution in [0.15, 0.2) is 34.3 Å². The molecule has 0 N–H and O–H groups in total. The Morgan fingerprint density at radius 1 is 1.28 bits per heavy atom. The third kappa shape index (κ3) is 2.58. The Kier molecular flexibility index (Phi) is 4.66. The number of halogens is 1. The summed E-state index contributed by atoms with van der Waals surface area (Å²) in [6, 6.07) is 0. The van der Waals surface area contributed by atoms with Gasteiger partial charge in [-0.05, 0) is 78.8 Å². The molecule has 0 spiro atoms. The molecule has 0 bridgehead atoms. The van der Waals surface area contributed by atoms with Crippen molar-refractivity contribution in [3.8, 4) is 0 Å². The van der Waals surface area contributed by atoms with Gasteiger partial charge in [0.05, 0.1) is 4.91 Å². The molecule has 4 aliphatic rings. The first-order valence-electron chi connectivity index (χ1n) is 10.5. The minimum absolute atomic E-state index is 0.0109. The standard InChI is InChI=1S/C24H29FO3S/c1-11-9-18(27)21(29-14(4)26)20-13(3)12(2)19-15(24(11,20)6)7-8-23(5)16(19)10-17(25)22(23)28/h9,12,15-17,19H,3,7-8,10H2,1-2,4-6H3/t12-,15+,16+,17+,19-,23+,24-/m1/s1. The summed E-state index contributed by atoms with van der Waals surface area (Å²) in [5, 5.41) is -0.114. The highest BCUT2D eigenvalue weighted by molar-refractivity contribution is 8.17. The number of carbonyl (C=O) groups excluding carboxylic acids is 3. The molecule has 0 aromatic rings. The average molecular weight is 417 g/mol. The van der Waals surface area contributed by atoms with Crippen molar-refractivity contribution in [1.29, 1.82) is 0 Å². The molecule has 0 aromatic heterocycles. The molecule has 0 aliphatic heterocycles. The summed E-state index contributed by atoms with van der Waals surface area (Å²) in [6.45, 7) is 14.0. The number of Topliss-reactive ketones (excluding diaryl/α,β-unsaturated/α-hetero) is 1. The summed E-state index contributed by atoms with van der Waals surface area (Å²) < 4.78 is 14.5. The molecule has 7 atom stereocenters. The van der Waals surface area contributed by atoms with Crippen LogP contribution in [0.2, 0.25) is 0 Å². The first kappa shape index (κ1) is 20.8. The maximum absolute atomic E-state index is 14.5. The lowest BCUT2D eigenvalue weighted by Gasteiger charge is -2.60. The number of fused-ring (bicyclic) bond motifs is 5. The van der Waals surface area contributed by atoms with Gasteiger partial charge in [-0.25, -0.2) is 4.39 Å². The topological polar surface area (TPSA) is 51.2 Å². The van der Waals surface area contributed by atoms with Gasteiger partial charge in [-0.3, -0.25) is 14.4 Å². The van der Waals surface area contributed by atoms with E-state index >= 15 is 0 Å². The molecule has 0 unspecified atom stereocenters. The molecule has 4 aliphatic carbocycles. The monoisotopic (exact) mass is 416 g/mol. The molecule has 3 nitrogen and oxygen atoms in total. The largest absolute Gasteiger partial charge is 0.296 e. The fourth-order valence-corrected chi connectivity index (χ4v) is 7.84. The predicted molar refractivity (Wildman–Crippen MR) is 113 cm³/mol. The van der Waals surface area contributed by atoms with E-state index < -0.39 is 17.0 Å². The Labute approximate surface area is 176 Å². The van der Waals surface area contributed by atoms with Gasteiger partial charge in [-0.15, -0.1) is 0 Å². The van der Waals surface area contributed by atoms with E-state index in [-0.39, 0.29) is 40.4 Å². The Balaban J connectivity index is 1.89. The van der Waals surface area contributed by atoms with Gasteiger partial charge in [0.15, 0.2) is 22.9 Å². The van der Waals surface area contributed by atoms with Gasteiger partial charge in [0.25, 0.3) is 0 Å². The zero-order valence-electron chi connectivity index (χ0n) is 17.8. The van der Waals surface area contributed by atoms with Crippen molar-refractivity contribution < 1.29 is 18.8 Å². The third-order valence-electron chi connectivity index (χ3n) is 8.60. The number of rotatable bonds is 1. The second-order valence-corrected chi connectivity index (χ2v) is 11.0. The van der Waals surface area contributed by atoms with Crippen LogP contribution in [0, 0.1) is 34.5 Å². The Morgan fingerprint density at radius 2 is 1.93 bits per heavy atom. The molecule has 0 saturated heterocycles. The number of hydrogen-bond donors (Lipinski definition) is 0. The predicted octanol–water partition coefficient (Wildman–Crippen LogP) is 5.22. The molecule has 5 heteroatoms. The first-order valence-corrected chi connectivity index (χ1v) is 11.3. The van der Waals surface area contributed by atoms with Gasteiger partial charge >= 0.3 is 0 Å². The first-order chi connectivity index (χ1) is 13.4. The Bertz CT molecular complexity index is 915. The van der Waals surface area contributed by atoms with Crippen molar-refractivity contribution in [2.24, 2.45) is 34.5 Å². The number of thioether (sulfide) groups is 1. The van der Waals surface area contributed by atoms with E-state index in [1.54, 1.807) is 6.08 Å². The van der Waals surface area contributed by atoms with E-state index in [4.69, 9.17) is 0 Å². The lowest BCUT2D eigenvalue weighted by atomic mass is 9.44. The quantitative estimate of drug-likeness (QED) is 0.588. The second kappa shape index (κ2) is 6.50. The third-order valence-corrected chi connectivity index (χ3v) is 9.50. The van der Waals surface area contributed by atoms with Crippen LogP contribution in [0.5, 0.6) is 0 Å². The van der Waals surface area contributed by atoms with Crippen LogP contribution in [-0.2, 0) is 14.4 Å². The smallest absolute Gasteiger partial charge is 0.192 e. The van der Waals surface area contributed by atoms with Crippen LogP contribution in [-0.4, -0.2) is 22.9 Å². The summed E-state index contributed by atoms with van der Waals surface area (Å²) in [5.41, 5.74) is 1.74. The molecule has 0 amide bonds. The van der Waals surface area contributed by atoms with Gasteiger partial charge in [0.1, 0.15) is 0 Å². The number of carbonyl (C=O) groups is 3. The summed E-state index contributed by atoms with van der Waals surface area (Å²) in [7, 11) is 0. The van der Waals surface area contributed by atoms with Crippen molar-refractivity contribution in [2.45, 2.75) is 60.1 Å². The summed E-state index contributed by atoms with van der Waals surface area (Å²) in [5.74, 6) is 0.00263. The molecule has 0 heterocycles. The van der Waals surface area contributed by atoms with Crippen LogP contribution in [0.1, 0.15) is 53.9 Å². The Morgan fingerprint density at radius 3 is 2.55 bits per heavy atom. The highest BCUT2D eigenvalue weighted by Gasteiger charge is 2.64. The molecule has 3 saturated carbocycles. The minimum Gasteiger partial charge on any atom is -0.296 e. The van der Waals surface area contributed by atoms with Crippen molar-refractivity contribution in [3.05, 3.63) is 34.3 Å². The van der Waals surface area contributed by atoms with Crippen LogP contribution in [0.25, 0.3) is 0 Å². The lowest BCUT2D eigenvalue weighted by Crippen LogP contribution is -2.54. The lowest BCUT2D eigenvalue weighted by molar-refractivity contribution is -0.135. The van der Waals surface area contributed by atoms with Gasteiger partial charge in [-0.1, -0.05) is 32.9 Å². The van der Waals surface area contributed by atoms with Crippen molar-refractivity contribution in [2.75, 3.05) is 0 Å². The summed E-state index contributed by atoms with van der Waals surface area (Å²) in [4.78, 5) is 37.9. The van der Waals surface area contributed by atoms with Gasteiger partial charge in [-0.2, -0.15) is 0 Å². The molecule has 4 rings (SSSR count). The minimum atomic E-state index is -1.37. The van der Waals surface area contributed by atoms with Crippen LogP contribution < -0.4 is 0 Å². The molecule has 3 fully saturated rings. The van der Waals surface area contributed by atoms with E-state index in [9.17, 15) is 18.8 Å². The number of alkyl halides is 1. The molecular weight excluding hydrogens is 387 g/mol. The second-order valence-electron chi connectivity index (χ2n) is 9.82. The maximum Gasteiger partial charge on any atom is 0.192 e. The van der Waals surface area contributed by atoms with E-state index in [2.05, 4.69) is 20.4 Å². The van der Waals surface area contributed by atoms with Crippen molar-refractivity contribution in [3.63, 3.8) is 0 Å². The van der Waals surface area contributed by atoms with E-state index in [1.807, 2.05) is 13.8 Å². The number of ketones is 2. The molecule has 29 heavy (non-hydrogen) atoms. The highest BCUT2D eigenvalue weighted by atomic mass is 32.2. The van der Waals surface area contributed by atoms with E-state index in [1.165, 1.54) is 6.92 Å². The summed E-state index contributed by atoms with van der Waals surface area (Å²) in [6.07, 6.45) is 2.07. The van der Waals surface area contributed by atoms with Crippen LogP contribution >= 0.6 is 11.8 Å². The normalized spacial score (nSPS) is 44.3. The van der Waals surface area contributed by atoms with E-state index in [0.29, 0.717) is 17.7 Å². The van der Waals surface area contributed by atoms with Crippen LogP contribution in [0.3, 0.4) is 0 Å². The van der Waals surface area contributed by atoms with Gasteiger partial charge in [0.2, 0.25) is 0 Å². The zero-order chi connectivity index (χ0) is 21.5. The summed E-state index contributed by atoms with van der Waals surface area (Å²) >= 11 is 1.01. The fraction of sp³-hybridized carbons (Fsp3) is 0.625. The Hall–Kier alpha value is -1.49. The van der Waals surface area contributed by atoms with Gasteiger partial charge in [0, 0.05) is 17.8 Å².